The van der Waals surface area contributed by atoms with Crippen molar-refractivity contribution in [2.75, 3.05) is 5.32 Å². The fraction of sp³-hybridized carbons (Fsp3) is 0.476. The van der Waals surface area contributed by atoms with Crippen LogP contribution in [0.1, 0.15) is 80.8 Å². The molecule has 7 nitrogen and oxygen atoms in total. The number of aliphatic hydroxyl groups is 2. The summed E-state index contributed by atoms with van der Waals surface area (Å²) in [6.45, 7) is 11.0. The molecule has 0 saturated heterocycles. The van der Waals surface area contributed by atoms with Crippen molar-refractivity contribution in [2.45, 2.75) is 69.8 Å². The van der Waals surface area contributed by atoms with E-state index in [2.05, 4.69) is 21.1 Å². The summed E-state index contributed by atoms with van der Waals surface area (Å²) in [5.74, 6) is 0.242. The highest BCUT2D eigenvalue weighted by atomic mass is 32.2. The first-order valence-electron chi connectivity index (χ1n) is 9.63. The molecule has 0 radical (unpaired) electrons. The molecule has 0 aliphatic rings. The van der Waals surface area contributed by atoms with Gasteiger partial charge in [0.15, 0.2) is 0 Å². The highest BCUT2D eigenvalue weighted by Crippen LogP contribution is 2.35. The molecule has 2 aromatic rings. The quantitative estimate of drug-likeness (QED) is 0.451. The maximum absolute atomic E-state index is 12.7. The molecule has 9 heteroatoms. The van der Waals surface area contributed by atoms with Gasteiger partial charge in [-0.15, -0.1) is 11.3 Å². The zero-order valence-corrected chi connectivity index (χ0v) is 19.7. The molecule has 0 saturated carbocycles. The number of rotatable bonds is 7. The number of anilines is 1. The second-order valence-corrected chi connectivity index (χ2v) is 10.2. The first kappa shape index (κ1) is 24.2. The third kappa shape index (κ3) is 5.73. The Hall–Kier alpha value is -2.12. The summed E-state index contributed by atoms with van der Waals surface area (Å²) in [7, 11) is 0. The molecule has 0 aliphatic heterocycles. The Bertz CT molecular complexity index is 927. The largest absolute Gasteiger partial charge is 0.390 e. The van der Waals surface area contributed by atoms with E-state index >= 15 is 0 Å². The predicted octanol–water partition coefficient (Wildman–Crippen LogP) is 4.81. The average molecular weight is 449 g/mol. The summed E-state index contributed by atoms with van der Waals surface area (Å²) in [4.78, 5) is 16.9. The number of amides is 2. The van der Waals surface area contributed by atoms with Gasteiger partial charge in [-0.2, -0.15) is 5.26 Å². The molecule has 0 atom stereocenters. The lowest BCUT2D eigenvalue weighted by atomic mass is 9.90. The van der Waals surface area contributed by atoms with E-state index in [0.29, 0.717) is 26.2 Å². The van der Waals surface area contributed by atoms with Crippen molar-refractivity contribution in [3.8, 4) is 6.07 Å². The highest BCUT2D eigenvalue weighted by Gasteiger charge is 2.24. The second kappa shape index (κ2) is 9.79. The number of carbonyl (C=O) groups excluding carboxylic acids is 1. The summed E-state index contributed by atoms with van der Waals surface area (Å²) in [6, 6.07) is 5.38. The number of benzene rings is 1. The summed E-state index contributed by atoms with van der Waals surface area (Å²) in [5, 5.41) is 32.4. The van der Waals surface area contributed by atoms with E-state index in [4.69, 9.17) is 0 Å². The minimum Gasteiger partial charge on any atom is -0.390 e. The fourth-order valence-corrected chi connectivity index (χ4v) is 4.62. The van der Waals surface area contributed by atoms with E-state index in [9.17, 15) is 20.3 Å². The summed E-state index contributed by atoms with van der Waals surface area (Å²) >= 11 is 2.27. The number of carbonyl (C=O) groups is 1. The van der Waals surface area contributed by atoms with Gasteiger partial charge in [-0.25, -0.2) is 9.78 Å². The van der Waals surface area contributed by atoms with E-state index in [1.807, 2.05) is 39.8 Å². The Labute approximate surface area is 185 Å². The van der Waals surface area contributed by atoms with Gasteiger partial charge in [0.05, 0.1) is 23.9 Å². The van der Waals surface area contributed by atoms with E-state index in [0.717, 1.165) is 23.1 Å². The molecule has 2 rings (SSSR count). The van der Waals surface area contributed by atoms with Crippen molar-refractivity contribution >= 4 is 35.0 Å². The van der Waals surface area contributed by atoms with E-state index in [1.165, 1.54) is 11.3 Å². The molecule has 1 aromatic carbocycles. The van der Waals surface area contributed by atoms with Crippen molar-refractivity contribution in [3.05, 3.63) is 39.5 Å². The number of nitrogens with zero attached hydrogens (tertiary/aromatic N) is 2. The molecule has 0 unspecified atom stereocenters. The number of nitriles is 1. The number of hydrogen-bond donors (Lipinski definition) is 4. The lowest BCUT2D eigenvalue weighted by Crippen LogP contribution is -2.24. The monoisotopic (exact) mass is 448 g/mol. The van der Waals surface area contributed by atoms with Gasteiger partial charge in [0.1, 0.15) is 14.8 Å². The molecule has 0 spiro atoms. The Balaban J connectivity index is 2.25. The van der Waals surface area contributed by atoms with Crippen molar-refractivity contribution < 1.29 is 15.0 Å². The van der Waals surface area contributed by atoms with Crippen LogP contribution in [0.15, 0.2) is 16.3 Å². The molecular formula is C21H28N4O3S2. The molecule has 0 fully saturated rings. The number of thiazole rings is 1. The van der Waals surface area contributed by atoms with E-state index in [1.54, 1.807) is 13.8 Å². The van der Waals surface area contributed by atoms with Gasteiger partial charge in [-0.1, -0.05) is 27.7 Å². The van der Waals surface area contributed by atoms with Crippen LogP contribution in [0.5, 0.6) is 0 Å². The number of aromatic nitrogens is 1. The summed E-state index contributed by atoms with van der Waals surface area (Å²) < 4.78 is 3.34. The lowest BCUT2D eigenvalue weighted by molar-refractivity contribution is 0.0779. The zero-order valence-electron chi connectivity index (χ0n) is 18.0. The molecular weight excluding hydrogens is 420 g/mol. The van der Waals surface area contributed by atoms with Crippen LogP contribution in [0.4, 0.5) is 10.5 Å². The molecule has 0 bridgehead atoms. The van der Waals surface area contributed by atoms with E-state index in [-0.39, 0.29) is 18.4 Å². The first-order valence-corrected chi connectivity index (χ1v) is 11.3. The normalized spacial score (nSPS) is 11.6. The number of urea groups is 1. The van der Waals surface area contributed by atoms with Crippen molar-refractivity contribution in [1.82, 2.24) is 9.71 Å². The van der Waals surface area contributed by atoms with Gasteiger partial charge < -0.3 is 15.5 Å². The molecule has 4 N–H and O–H groups in total. The van der Waals surface area contributed by atoms with Crippen LogP contribution in [0, 0.1) is 11.3 Å². The third-order valence-corrected chi connectivity index (χ3v) is 6.80. The Morgan fingerprint density at radius 1 is 1.27 bits per heavy atom. The van der Waals surface area contributed by atoms with Gasteiger partial charge in [0, 0.05) is 17.6 Å². The standard InChI is InChI=1S/C21H28N4O3S2/c1-11(2)14-7-13(9-22)8-15(12(3)4)17(14)24-20(27)25-30-18-16(10-26)23-19(29-18)21(5,6)28/h7-8,11-12,26,28H,10H2,1-6H3,(H2,24,25,27). The van der Waals surface area contributed by atoms with Crippen LogP contribution < -0.4 is 10.0 Å². The Morgan fingerprint density at radius 2 is 1.83 bits per heavy atom. The molecule has 1 heterocycles. The Morgan fingerprint density at radius 3 is 2.27 bits per heavy atom. The lowest BCUT2D eigenvalue weighted by Gasteiger charge is -2.21. The fourth-order valence-electron chi connectivity index (χ4n) is 2.82. The minimum absolute atomic E-state index is 0.121. The summed E-state index contributed by atoms with van der Waals surface area (Å²) in [6.07, 6.45) is 0. The first-order chi connectivity index (χ1) is 14.0. The van der Waals surface area contributed by atoms with Crippen molar-refractivity contribution in [3.63, 3.8) is 0 Å². The highest BCUT2D eigenvalue weighted by molar-refractivity contribution is 7.99. The molecule has 0 aliphatic carbocycles. The van der Waals surface area contributed by atoms with Crippen LogP contribution in [0.2, 0.25) is 0 Å². The van der Waals surface area contributed by atoms with Crippen molar-refractivity contribution in [2.24, 2.45) is 0 Å². The van der Waals surface area contributed by atoms with Gasteiger partial charge in [-0.3, -0.25) is 4.72 Å². The number of nitrogens with one attached hydrogen (secondary N) is 2. The molecule has 162 valence electrons. The van der Waals surface area contributed by atoms with Gasteiger partial charge in [0.25, 0.3) is 0 Å². The van der Waals surface area contributed by atoms with Crippen LogP contribution in [-0.2, 0) is 12.2 Å². The topological polar surface area (TPSA) is 118 Å². The average Bonchev–Trinajstić information content (AvgIpc) is 3.09. The maximum Gasteiger partial charge on any atom is 0.329 e. The smallest absolute Gasteiger partial charge is 0.329 e. The number of hydrogen-bond acceptors (Lipinski definition) is 7. The van der Waals surface area contributed by atoms with Crippen LogP contribution in [0.25, 0.3) is 0 Å². The molecule has 1 aromatic heterocycles. The molecule has 2 amide bonds. The van der Waals surface area contributed by atoms with Gasteiger partial charge in [-0.05, 0) is 48.9 Å². The minimum atomic E-state index is -1.13. The SMILES string of the molecule is CC(C)c1cc(C#N)cc(C(C)C)c1NC(=O)NSc1sc(C(C)(C)O)nc1CO. The van der Waals surface area contributed by atoms with Crippen LogP contribution >= 0.6 is 23.3 Å². The second-order valence-electron chi connectivity index (χ2n) is 8.08. The summed E-state index contributed by atoms with van der Waals surface area (Å²) in [5.41, 5.74) is 2.36. The third-order valence-electron chi connectivity index (χ3n) is 4.38. The van der Waals surface area contributed by atoms with Crippen LogP contribution in [0.3, 0.4) is 0 Å². The van der Waals surface area contributed by atoms with E-state index < -0.39 is 11.6 Å². The molecule has 30 heavy (non-hydrogen) atoms. The van der Waals surface area contributed by atoms with Crippen LogP contribution in [-0.4, -0.2) is 21.2 Å². The maximum atomic E-state index is 12.7. The number of aliphatic hydroxyl groups excluding tert-OH is 1. The van der Waals surface area contributed by atoms with Gasteiger partial charge >= 0.3 is 6.03 Å². The Kier molecular flexibility index (Phi) is 7.88. The zero-order chi connectivity index (χ0) is 22.6. The van der Waals surface area contributed by atoms with Gasteiger partial charge in [0.2, 0.25) is 0 Å². The van der Waals surface area contributed by atoms with Crippen molar-refractivity contribution in [1.29, 1.82) is 5.26 Å². The predicted molar refractivity (Wildman–Crippen MR) is 121 cm³/mol.